The number of nitrogens with zero attached hydrogens (tertiary/aromatic N) is 1. The lowest BCUT2D eigenvalue weighted by atomic mass is 10.2. The summed E-state index contributed by atoms with van der Waals surface area (Å²) in [5, 5.41) is 2.87. The van der Waals surface area contributed by atoms with Crippen molar-refractivity contribution in [3.05, 3.63) is 18.2 Å². The van der Waals surface area contributed by atoms with Crippen LogP contribution in [0.1, 0.15) is 27.7 Å². The van der Waals surface area contributed by atoms with Gasteiger partial charge in [0.1, 0.15) is 5.75 Å². The normalized spacial score (nSPS) is 10.8. The lowest BCUT2D eigenvalue weighted by Crippen LogP contribution is -2.38. The van der Waals surface area contributed by atoms with Gasteiger partial charge in [-0.1, -0.05) is 0 Å². The molecule has 0 spiro atoms. The molecule has 0 radical (unpaired) electrons. The summed E-state index contributed by atoms with van der Waals surface area (Å²) in [5.41, 5.74) is 7.38. The third-order valence-electron chi connectivity index (χ3n) is 2.63. The van der Waals surface area contributed by atoms with Crippen LogP contribution in [0.3, 0.4) is 0 Å². The standard InChI is InChI=1S/C15H25N3O2/c1-10(2)17-15(19)9-18(5)12-6-7-13(16)14(8-12)20-11(3)4/h6-8,10-11H,9,16H2,1-5H3,(H,17,19). The van der Waals surface area contributed by atoms with Crippen LogP contribution in [-0.2, 0) is 4.79 Å². The summed E-state index contributed by atoms with van der Waals surface area (Å²) in [6, 6.07) is 5.68. The highest BCUT2D eigenvalue weighted by molar-refractivity contribution is 5.81. The number of carbonyl (C=O) groups is 1. The molecular formula is C15H25N3O2. The van der Waals surface area contributed by atoms with Gasteiger partial charge in [-0.2, -0.15) is 0 Å². The van der Waals surface area contributed by atoms with Crippen LogP contribution >= 0.6 is 0 Å². The second-order valence-corrected chi connectivity index (χ2v) is 5.47. The average molecular weight is 279 g/mol. The minimum absolute atomic E-state index is 0.00865. The van der Waals surface area contributed by atoms with E-state index in [1.165, 1.54) is 0 Å². The Labute approximate surface area is 121 Å². The third-order valence-corrected chi connectivity index (χ3v) is 2.63. The SMILES string of the molecule is CC(C)NC(=O)CN(C)c1ccc(N)c(OC(C)C)c1. The number of likely N-dealkylation sites (N-methyl/N-ethyl adjacent to an activating group) is 1. The topological polar surface area (TPSA) is 67.6 Å². The number of carbonyl (C=O) groups excluding carboxylic acids is 1. The van der Waals surface area contributed by atoms with Crippen LogP contribution in [0.4, 0.5) is 11.4 Å². The Hall–Kier alpha value is -1.91. The Balaban J connectivity index is 2.77. The van der Waals surface area contributed by atoms with Gasteiger partial charge >= 0.3 is 0 Å². The second kappa shape index (κ2) is 7.03. The summed E-state index contributed by atoms with van der Waals surface area (Å²) in [6.45, 7) is 8.08. The molecular weight excluding hydrogens is 254 g/mol. The number of nitrogen functional groups attached to an aromatic ring is 1. The molecule has 0 aliphatic carbocycles. The minimum Gasteiger partial charge on any atom is -0.489 e. The van der Waals surface area contributed by atoms with Gasteiger partial charge in [-0.25, -0.2) is 0 Å². The number of hydrogen-bond acceptors (Lipinski definition) is 4. The van der Waals surface area contributed by atoms with E-state index in [4.69, 9.17) is 10.5 Å². The number of amides is 1. The number of nitrogens with one attached hydrogen (secondary N) is 1. The average Bonchev–Trinajstić information content (AvgIpc) is 2.29. The van der Waals surface area contributed by atoms with E-state index in [0.29, 0.717) is 18.0 Å². The van der Waals surface area contributed by atoms with Crippen molar-refractivity contribution >= 4 is 17.3 Å². The Morgan fingerprint density at radius 3 is 2.55 bits per heavy atom. The molecule has 3 N–H and O–H groups in total. The molecule has 0 unspecified atom stereocenters. The van der Waals surface area contributed by atoms with Gasteiger partial charge in [0, 0.05) is 24.8 Å². The maximum absolute atomic E-state index is 11.8. The number of hydrogen-bond donors (Lipinski definition) is 2. The van der Waals surface area contributed by atoms with Crippen molar-refractivity contribution in [3.63, 3.8) is 0 Å². The Bertz CT molecular complexity index is 458. The highest BCUT2D eigenvalue weighted by Crippen LogP contribution is 2.28. The lowest BCUT2D eigenvalue weighted by molar-refractivity contribution is -0.120. The first-order valence-corrected chi connectivity index (χ1v) is 6.86. The van der Waals surface area contributed by atoms with Crippen molar-refractivity contribution in [1.82, 2.24) is 5.32 Å². The Kier molecular flexibility index (Phi) is 5.67. The molecule has 0 atom stereocenters. The quantitative estimate of drug-likeness (QED) is 0.782. The molecule has 1 rings (SSSR count). The predicted octanol–water partition coefficient (Wildman–Crippen LogP) is 2.02. The zero-order chi connectivity index (χ0) is 15.3. The molecule has 1 amide bonds. The maximum Gasteiger partial charge on any atom is 0.239 e. The summed E-state index contributed by atoms with van der Waals surface area (Å²) >= 11 is 0. The molecule has 0 saturated carbocycles. The van der Waals surface area contributed by atoms with E-state index in [1.807, 2.05) is 51.8 Å². The first-order valence-electron chi connectivity index (χ1n) is 6.86. The van der Waals surface area contributed by atoms with E-state index in [1.54, 1.807) is 6.07 Å². The van der Waals surface area contributed by atoms with Crippen molar-refractivity contribution in [3.8, 4) is 5.75 Å². The van der Waals surface area contributed by atoms with E-state index in [2.05, 4.69) is 5.32 Å². The third kappa shape index (κ3) is 4.99. The summed E-state index contributed by atoms with van der Waals surface area (Å²) in [4.78, 5) is 13.6. The smallest absolute Gasteiger partial charge is 0.239 e. The molecule has 20 heavy (non-hydrogen) atoms. The molecule has 5 heteroatoms. The van der Waals surface area contributed by atoms with Gasteiger partial charge in [-0.15, -0.1) is 0 Å². The van der Waals surface area contributed by atoms with Gasteiger partial charge in [0.25, 0.3) is 0 Å². The molecule has 0 saturated heterocycles. The fraction of sp³-hybridized carbons (Fsp3) is 0.533. The van der Waals surface area contributed by atoms with Crippen molar-refractivity contribution in [2.24, 2.45) is 0 Å². The van der Waals surface area contributed by atoms with Crippen molar-refractivity contribution in [2.45, 2.75) is 39.8 Å². The minimum atomic E-state index is -0.00865. The van der Waals surface area contributed by atoms with Crippen molar-refractivity contribution in [1.29, 1.82) is 0 Å². The first-order chi connectivity index (χ1) is 9.29. The number of rotatable bonds is 6. The van der Waals surface area contributed by atoms with Gasteiger partial charge in [-0.05, 0) is 39.8 Å². The van der Waals surface area contributed by atoms with Gasteiger partial charge < -0.3 is 20.7 Å². The zero-order valence-corrected chi connectivity index (χ0v) is 12.9. The second-order valence-electron chi connectivity index (χ2n) is 5.47. The Morgan fingerprint density at radius 1 is 1.35 bits per heavy atom. The number of benzene rings is 1. The van der Waals surface area contributed by atoms with Crippen LogP contribution in [0.15, 0.2) is 18.2 Å². The van der Waals surface area contributed by atoms with Gasteiger partial charge in [0.2, 0.25) is 5.91 Å². The van der Waals surface area contributed by atoms with Crippen LogP contribution in [0.2, 0.25) is 0 Å². The molecule has 0 aliphatic rings. The van der Waals surface area contributed by atoms with Crippen molar-refractivity contribution in [2.75, 3.05) is 24.2 Å². The van der Waals surface area contributed by atoms with Crippen LogP contribution in [-0.4, -0.2) is 31.6 Å². The Morgan fingerprint density at radius 2 is 2.00 bits per heavy atom. The molecule has 5 nitrogen and oxygen atoms in total. The predicted molar refractivity (Wildman–Crippen MR) is 83.2 cm³/mol. The fourth-order valence-electron chi connectivity index (χ4n) is 1.79. The van der Waals surface area contributed by atoms with Gasteiger partial charge in [-0.3, -0.25) is 4.79 Å². The van der Waals surface area contributed by atoms with Crippen LogP contribution in [0, 0.1) is 0 Å². The summed E-state index contributed by atoms with van der Waals surface area (Å²) < 4.78 is 5.65. The van der Waals surface area contributed by atoms with E-state index in [-0.39, 0.29) is 18.1 Å². The number of nitrogens with two attached hydrogens (primary N) is 1. The largest absolute Gasteiger partial charge is 0.489 e. The molecule has 0 heterocycles. The molecule has 0 bridgehead atoms. The molecule has 112 valence electrons. The molecule has 0 aliphatic heterocycles. The first kappa shape index (κ1) is 16.1. The fourth-order valence-corrected chi connectivity index (χ4v) is 1.79. The van der Waals surface area contributed by atoms with Crippen molar-refractivity contribution < 1.29 is 9.53 Å². The molecule has 0 aromatic heterocycles. The van der Waals surface area contributed by atoms with E-state index in [0.717, 1.165) is 5.69 Å². The molecule has 0 fully saturated rings. The number of anilines is 2. The van der Waals surface area contributed by atoms with Crippen LogP contribution in [0.25, 0.3) is 0 Å². The van der Waals surface area contributed by atoms with E-state index >= 15 is 0 Å². The maximum atomic E-state index is 11.8. The van der Waals surface area contributed by atoms with Crippen LogP contribution in [0.5, 0.6) is 5.75 Å². The van der Waals surface area contributed by atoms with E-state index in [9.17, 15) is 4.79 Å². The monoisotopic (exact) mass is 279 g/mol. The zero-order valence-electron chi connectivity index (χ0n) is 12.9. The van der Waals surface area contributed by atoms with Crippen LogP contribution < -0.4 is 20.7 Å². The summed E-state index contributed by atoms with van der Waals surface area (Å²) in [6.07, 6.45) is 0.0575. The molecule has 1 aromatic carbocycles. The van der Waals surface area contributed by atoms with Gasteiger partial charge in [0.15, 0.2) is 0 Å². The van der Waals surface area contributed by atoms with Gasteiger partial charge in [0.05, 0.1) is 18.3 Å². The number of ether oxygens (including phenoxy) is 1. The van der Waals surface area contributed by atoms with E-state index < -0.39 is 0 Å². The summed E-state index contributed by atoms with van der Waals surface area (Å²) in [5.74, 6) is 0.638. The lowest BCUT2D eigenvalue weighted by Gasteiger charge is -2.21. The summed E-state index contributed by atoms with van der Waals surface area (Å²) in [7, 11) is 1.87. The highest BCUT2D eigenvalue weighted by atomic mass is 16.5. The molecule has 1 aromatic rings. The highest BCUT2D eigenvalue weighted by Gasteiger charge is 2.11.